The second-order valence-electron chi connectivity index (χ2n) is 5.63. The largest absolute Gasteiger partial charge is 0.465 e. The minimum Gasteiger partial charge on any atom is -0.465 e. The number of piperidine rings is 1. The quantitative estimate of drug-likeness (QED) is 0.734. The van der Waals surface area contributed by atoms with Crippen molar-refractivity contribution in [3.8, 4) is 0 Å². The van der Waals surface area contributed by atoms with Crippen LogP contribution in [0.15, 0.2) is 0 Å². The van der Waals surface area contributed by atoms with E-state index in [2.05, 4.69) is 9.80 Å². The standard InChI is InChI=1S/C14H27N3O2/c1-2-19-14(18)13(15)6-8-16-9-10-17-7-4-3-5-12(17)11-16/h12-13H,2-11,15H2,1H3. The number of carbonyl (C=O) groups excluding carboxylic acids is 1. The minimum atomic E-state index is -0.468. The first kappa shape index (κ1) is 14.8. The summed E-state index contributed by atoms with van der Waals surface area (Å²) in [6.45, 7) is 7.80. The SMILES string of the molecule is CCOC(=O)C(N)CCN1CCN2CCCCC2C1. The van der Waals surface area contributed by atoms with Gasteiger partial charge in [-0.3, -0.25) is 9.69 Å². The Kier molecular flexibility index (Phi) is 5.60. The van der Waals surface area contributed by atoms with Crippen molar-refractivity contribution in [2.24, 2.45) is 5.73 Å². The molecule has 0 spiro atoms. The number of nitrogens with zero attached hydrogens (tertiary/aromatic N) is 2. The number of piperazine rings is 1. The van der Waals surface area contributed by atoms with Gasteiger partial charge >= 0.3 is 5.97 Å². The van der Waals surface area contributed by atoms with Crippen molar-refractivity contribution in [2.45, 2.75) is 44.7 Å². The molecule has 2 N–H and O–H groups in total. The third kappa shape index (κ3) is 4.16. The summed E-state index contributed by atoms with van der Waals surface area (Å²) in [4.78, 5) is 16.5. The number of esters is 1. The van der Waals surface area contributed by atoms with Crippen LogP contribution in [0.5, 0.6) is 0 Å². The molecule has 0 aliphatic carbocycles. The topological polar surface area (TPSA) is 58.8 Å². The Labute approximate surface area is 116 Å². The van der Waals surface area contributed by atoms with E-state index in [1.807, 2.05) is 6.92 Å². The zero-order valence-corrected chi connectivity index (χ0v) is 12.0. The molecule has 5 nitrogen and oxygen atoms in total. The summed E-state index contributed by atoms with van der Waals surface area (Å²) < 4.78 is 4.94. The molecule has 110 valence electrons. The van der Waals surface area contributed by atoms with E-state index in [0.29, 0.717) is 13.0 Å². The molecule has 0 saturated carbocycles. The van der Waals surface area contributed by atoms with E-state index >= 15 is 0 Å². The molecule has 2 unspecified atom stereocenters. The zero-order valence-electron chi connectivity index (χ0n) is 12.0. The molecular formula is C14H27N3O2. The van der Waals surface area contributed by atoms with Gasteiger partial charge in [-0.1, -0.05) is 6.42 Å². The Bertz CT molecular complexity index is 298. The number of nitrogens with two attached hydrogens (primary N) is 1. The van der Waals surface area contributed by atoms with Gasteiger partial charge in [-0.15, -0.1) is 0 Å². The molecule has 0 aromatic heterocycles. The van der Waals surface area contributed by atoms with Gasteiger partial charge in [0.1, 0.15) is 6.04 Å². The fraction of sp³-hybridized carbons (Fsp3) is 0.929. The van der Waals surface area contributed by atoms with Crippen molar-refractivity contribution in [1.29, 1.82) is 0 Å². The van der Waals surface area contributed by atoms with Crippen LogP contribution < -0.4 is 5.73 Å². The lowest BCUT2D eigenvalue weighted by Crippen LogP contribution is -2.55. The van der Waals surface area contributed by atoms with E-state index in [-0.39, 0.29) is 5.97 Å². The van der Waals surface area contributed by atoms with E-state index in [4.69, 9.17) is 10.5 Å². The second kappa shape index (κ2) is 7.22. The zero-order chi connectivity index (χ0) is 13.7. The normalized spacial score (nSPS) is 26.7. The fourth-order valence-corrected chi connectivity index (χ4v) is 3.11. The lowest BCUT2D eigenvalue weighted by molar-refractivity contribution is -0.144. The average Bonchev–Trinajstić information content (AvgIpc) is 2.44. The van der Waals surface area contributed by atoms with Crippen molar-refractivity contribution >= 4 is 5.97 Å². The Hall–Kier alpha value is -0.650. The molecule has 19 heavy (non-hydrogen) atoms. The average molecular weight is 269 g/mol. The summed E-state index contributed by atoms with van der Waals surface area (Å²) in [6.07, 6.45) is 4.73. The molecule has 0 aromatic carbocycles. The van der Waals surface area contributed by atoms with Crippen LogP contribution in [0.1, 0.15) is 32.6 Å². The van der Waals surface area contributed by atoms with Crippen LogP contribution in [0.2, 0.25) is 0 Å². The van der Waals surface area contributed by atoms with Gasteiger partial charge in [0.25, 0.3) is 0 Å². The van der Waals surface area contributed by atoms with E-state index in [1.165, 1.54) is 32.4 Å². The van der Waals surface area contributed by atoms with Gasteiger partial charge in [0.05, 0.1) is 6.61 Å². The Morgan fingerprint density at radius 2 is 2.21 bits per heavy atom. The van der Waals surface area contributed by atoms with Crippen molar-refractivity contribution in [3.63, 3.8) is 0 Å². The molecule has 2 atom stereocenters. The smallest absolute Gasteiger partial charge is 0.322 e. The summed E-state index contributed by atoms with van der Waals surface area (Å²) in [5, 5.41) is 0. The maximum atomic E-state index is 11.5. The molecule has 2 saturated heterocycles. The van der Waals surface area contributed by atoms with Crippen molar-refractivity contribution < 1.29 is 9.53 Å². The van der Waals surface area contributed by atoms with Gasteiger partial charge in [-0.25, -0.2) is 0 Å². The van der Waals surface area contributed by atoms with Gasteiger partial charge in [-0.2, -0.15) is 0 Å². The number of hydrogen-bond donors (Lipinski definition) is 1. The van der Waals surface area contributed by atoms with Gasteiger partial charge in [0.2, 0.25) is 0 Å². The fourth-order valence-electron chi connectivity index (χ4n) is 3.11. The van der Waals surface area contributed by atoms with Gasteiger partial charge in [0.15, 0.2) is 0 Å². The lowest BCUT2D eigenvalue weighted by Gasteiger charge is -2.44. The maximum Gasteiger partial charge on any atom is 0.322 e. The van der Waals surface area contributed by atoms with E-state index < -0.39 is 6.04 Å². The van der Waals surface area contributed by atoms with E-state index in [0.717, 1.165) is 25.7 Å². The van der Waals surface area contributed by atoms with Crippen LogP contribution in [0.25, 0.3) is 0 Å². The summed E-state index contributed by atoms with van der Waals surface area (Å²) in [7, 11) is 0. The van der Waals surface area contributed by atoms with Crippen LogP contribution >= 0.6 is 0 Å². The summed E-state index contributed by atoms with van der Waals surface area (Å²) in [5.41, 5.74) is 5.84. The highest BCUT2D eigenvalue weighted by Gasteiger charge is 2.29. The predicted molar refractivity (Wildman–Crippen MR) is 74.9 cm³/mol. The Balaban J connectivity index is 1.70. The number of hydrogen-bond acceptors (Lipinski definition) is 5. The Morgan fingerprint density at radius 1 is 1.37 bits per heavy atom. The van der Waals surface area contributed by atoms with E-state index in [1.54, 1.807) is 0 Å². The molecule has 5 heteroatoms. The highest BCUT2D eigenvalue weighted by Crippen LogP contribution is 2.21. The number of rotatable bonds is 5. The minimum absolute atomic E-state index is 0.265. The number of ether oxygens (including phenoxy) is 1. The van der Waals surface area contributed by atoms with Crippen LogP contribution in [0.4, 0.5) is 0 Å². The Morgan fingerprint density at radius 3 is 3.00 bits per heavy atom. The highest BCUT2D eigenvalue weighted by molar-refractivity contribution is 5.75. The van der Waals surface area contributed by atoms with Gasteiger partial charge in [0, 0.05) is 32.2 Å². The molecule has 2 aliphatic heterocycles. The van der Waals surface area contributed by atoms with Crippen LogP contribution in [-0.4, -0.2) is 67.2 Å². The molecule has 0 aromatic rings. The van der Waals surface area contributed by atoms with Crippen molar-refractivity contribution in [1.82, 2.24) is 9.80 Å². The molecular weight excluding hydrogens is 242 g/mol. The van der Waals surface area contributed by atoms with Crippen LogP contribution in [0, 0.1) is 0 Å². The third-order valence-corrected chi connectivity index (χ3v) is 4.27. The molecule has 2 rings (SSSR count). The lowest BCUT2D eigenvalue weighted by atomic mass is 9.99. The van der Waals surface area contributed by atoms with Gasteiger partial charge < -0.3 is 15.4 Å². The number of fused-ring (bicyclic) bond motifs is 1. The van der Waals surface area contributed by atoms with Crippen molar-refractivity contribution in [3.05, 3.63) is 0 Å². The molecule has 2 fully saturated rings. The van der Waals surface area contributed by atoms with Crippen LogP contribution in [-0.2, 0) is 9.53 Å². The molecule has 0 bridgehead atoms. The van der Waals surface area contributed by atoms with Crippen molar-refractivity contribution in [2.75, 3.05) is 39.3 Å². The summed E-state index contributed by atoms with van der Waals surface area (Å²) in [6, 6.07) is 0.255. The first-order valence-electron chi connectivity index (χ1n) is 7.59. The first-order chi connectivity index (χ1) is 9.20. The van der Waals surface area contributed by atoms with Gasteiger partial charge in [-0.05, 0) is 32.7 Å². The number of carbonyl (C=O) groups is 1. The van der Waals surface area contributed by atoms with Crippen LogP contribution in [0.3, 0.4) is 0 Å². The highest BCUT2D eigenvalue weighted by atomic mass is 16.5. The maximum absolute atomic E-state index is 11.5. The van der Waals surface area contributed by atoms with E-state index in [9.17, 15) is 4.79 Å². The monoisotopic (exact) mass is 269 g/mol. The first-order valence-corrected chi connectivity index (χ1v) is 7.59. The third-order valence-electron chi connectivity index (χ3n) is 4.27. The molecule has 2 heterocycles. The molecule has 0 radical (unpaired) electrons. The molecule has 2 aliphatic rings. The summed E-state index contributed by atoms with van der Waals surface area (Å²) in [5.74, 6) is -0.265. The molecule has 0 amide bonds. The second-order valence-corrected chi connectivity index (χ2v) is 5.63. The summed E-state index contributed by atoms with van der Waals surface area (Å²) >= 11 is 0. The predicted octanol–water partition coefficient (Wildman–Crippen LogP) is 0.437.